The van der Waals surface area contributed by atoms with Crippen LogP contribution in [0.5, 0.6) is 5.75 Å². The number of halogens is 3. The molecule has 0 spiro atoms. The molecule has 0 bridgehead atoms. The quantitative estimate of drug-likeness (QED) is 0.930. The summed E-state index contributed by atoms with van der Waals surface area (Å²) in [5.41, 5.74) is -0.149. The first kappa shape index (κ1) is 14.6. The lowest BCUT2D eigenvalue weighted by atomic mass is 10.1. The fourth-order valence-corrected chi connectivity index (χ4v) is 2.04. The largest absolute Gasteiger partial charge is 0.573 e. The first-order chi connectivity index (χ1) is 9.37. The molecule has 0 aromatic heterocycles. The van der Waals surface area contributed by atoms with E-state index in [1.807, 2.05) is 0 Å². The summed E-state index contributed by atoms with van der Waals surface area (Å²) in [6, 6.07) is 5.04. The first-order valence-corrected chi connectivity index (χ1v) is 6.14. The average Bonchev–Trinajstić information content (AvgIpc) is 2.73. The predicted molar refractivity (Wildman–Crippen MR) is 64.4 cm³/mol. The second-order valence-electron chi connectivity index (χ2n) is 4.49. The van der Waals surface area contributed by atoms with Gasteiger partial charge in [0.2, 0.25) is 0 Å². The van der Waals surface area contributed by atoms with Gasteiger partial charge in [0.25, 0.3) is 5.91 Å². The Kier molecular flexibility index (Phi) is 4.17. The normalized spacial score (nSPS) is 22.6. The van der Waals surface area contributed by atoms with Crippen molar-refractivity contribution in [2.45, 2.75) is 31.9 Å². The second-order valence-corrected chi connectivity index (χ2v) is 4.49. The highest BCUT2D eigenvalue weighted by molar-refractivity contribution is 5.97. The van der Waals surface area contributed by atoms with E-state index in [0.717, 1.165) is 6.07 Å². The Morgan fingerprint density at radius 1 is 1.40 bits per heavy atom. The fraction of sp³-hybridized carbons (Fsp3) is 0.462. The topological polar surface area (TPSA) is 47.6 Å². The van der Waals surface area contributed by atoms with Gasteiger partial charge in [-0.25, -0.2) is 0 Å². The van der Waals surface area contributed by atoms with Crippen molar-refractivity contribution in [3.63, 3.8) is 0 Å². The molecule has 0 aliphatic carbocycles. The molecule has 1 amide bonds. The van der Waals surface area contributed by atoms with Gasteiger partial charge in [-0.2, -0.15) is 0 Å². The summed E-state index contributed by atoms with van der Waals surface area (Å²) in [5, 5.41) is 2.66. The molecule has 1 aromatic rings. The maximum Gasteiger partial charge on any atom is 0.573 e. The van der Waals surface area contributed by atoms with Crippen LogP contribution in [-0.2, 0) is 4.74 Å². The molecule has 7 heteroatoms. The van der Waals surface area contributed by atoms with Crippen LogP contribution in [-0.4, -0.2) is 31.0 Å². The molecule has 0 radical (unpaired) electrons. The van der Waals surface area contributed by atoms with E-state index in [0.29, 0.717) is 13.0 Å². The minimum atomic E-state index is -4.83. The van der Waals surface area contributed by atoms with Crippen LogP contribution in [0.1, 0.15) is 23.7 Å². The van der Waals surface area contributed by atoms with Crippen LogP contribution in [0.25, 0.3) is 0 Å². The van der Waals surface area contributed by atoms with Gasteiger partial charge in [-0.3, -0.25) is 4.79 Å². The smallest absolute Gasteiger partial charge is 0.405 e. The van der Waals surface area contributed by atoms with Gasteiger partial charge in [-0.15, -0.1) is 13.2 Å². The van der Waals surface area contributed by atoms with Crippen molar-refractivity contribution in [1.82, 2.24) is 5.32 Å². The lowest BCUT2D eigenvalue weighted by Crippen LogP contribution is -2.39. The van der Waals surface area contributed by atoms with Crippen molar-refractivity contribution in [2.24, 2.45) is 0 Å². The zero-order valence-corrected chi connectivity index (χ0v) is 10.7. The molecular formula is C13H14F3NO3. The van der Waals surface area contributed by atoms with E-state index in [1.165, 1.54) is 18.2 Å². The molecule has 110 valence electrons. The third kappa shape index (κ3) is 3.63. The zero-order valence-electron chi connectivity index (χ0n) is 10.7. The lowest BCUT2D eigenvalue weighted by molar-refractivity contribution is -0.274. The van der Waals surface area contributed by atoms with E-state index in [4.69, 9.17) is 4.74 Å². The number of alkyl halides is 3. The van der Waals surface area contributed by atoms with Crippen LogP contribution in [0.3, 0.4) is 0 Å². The number of hydrogen-bond donors (Lipinski definition) is 1. The second kappa shape index (κ2) is 5.70. The maximum atomic E-state index is 12.3. The number of ether oxygens (including phenoxy) is 2. The Bertz CT molecular complexity index is 490. The molecule has 1 aromatic carbocycles. The van der Waals surface area contributed by atoms with Crippen molar-refractivity contribution in [1.29, 1.82) is 0 Å². The van der Waals surface area contributed by atoms with Crippen LogP contribution in [0.4, 0.5) is 13.2 Å². The third-order valence-corrected chi connectivity index (χ3v) is 3.05. The number of benzene rings is 1. The highest BCUT2D eigenvalue weighted by atomic mass is 19.4. The summed E-state index contributed by atoms with van der Waals surface area (Å²) in [7, 11) is 0. The van der Waals surface area contributed by atoms with E-state index in [9.17, 15) is 18.0 Å². The van der Waals surface area contributed by atoms with Crippen molar-refractivity contribution >= 4 is 5.91 Å². The van der Waals surface area contributed by atoms with E-state index < -0.39 is 18.0 Å². The number of carbonyl (C=O) groups is 1. The Labute approximate surface area is 113 Å². The van der Waals surface area contributed by atoms with Gasteiger partial charge in [0.15, 0.2) is 0 Å². The SMILES string of the molecule is C[C@@H]1OCC[C@@H]1NC(=O)c1ccccc1OC(F)(F)F. The molecule has 0 unspecified atom stereocenters. The minimum Gasteiger partial charge on any atom is -0.405 e. The van der Waals surface area contributed by atoms with Gasteiger partial charge in [-0.1, -0.05) is 12.1 Å². The molecule has 1 heterocycles. The van der Waals surface area contributed by atoms with Crippen molar-refractivity contribution in [2.75, 3.05) is 6.61 Å². The number of rotatable bonds is 3. The Balaban J connectivity index is 2.13. The molecule has 1 fully saturated rings. The zero-order chi connectivity index (χ0) is 14.8. The fourth-order valence-electron chi connectivity index (χ4n) is 2.04. The van der Waals surface area contributed by atoms with Gasteiger partial charge < -0.3 is 14.8 Å². The van der Waals surface area contributed by atoms with Crippen LogP contribution in [0.2, 0.25) is 0 Å². The van der Waals surface area contributed by atoms with E-state index in [-0.39, 0.29) is 17.7 Å². The molecule has 1 aliphatic rings. The van der Waals surface area contributed by atoms with Gasteiger partial charge >= 0.3 is 6.36 Å². The number of nitrogens with one attached hydrogen (secondary N) is 1. The van der Waals surface area contributed by atoms with Crippen LogP contribution >= 0.6 is 0 Å². The molecule has 1 N–H and O–H groups in total. The van der Waals surface area contributed by atoms with Gasteiger partial charge in [0.05, 0.1) is 17.7 Å². The number of carbonyl (C=O) groups excluding carboxylic acids is 1. The molecule has 0 saturated carbocycles. The third-order valence-electron chi connectivity index (χ3n) is 3.05. The summed E-state index contributed by atoms with van der Waals surface area (Å²) < 4.78 is 46.0. The van der Waals surface area contributed by atoms with Gasteiger partial charge in [-0.05, 0) is 25.5 Å². The van der Waals surface area contributed by atoms with E-state index in [1.54, 1.807) is 6.92 Å². The van der Waals surface area contributed by atoms with Crippen molar-refractivity contribution < 1.29 is 27.4 Å². The first-order valence-electron chi connectivity index (χ1n) is 6.14. The van der Waals surface area contributed by atoms with Crippen LogP contribution in [0, 0.1) is 0 Å². The standard InChI is InChI=1S/C13H14F3NO3/c1-8-10(6-7-19-8)17-12(18)9-4-2-3-5-11(9)20-13(14,15)16/h2-5,8,10H,6-7H2,1H3,(H,17,18)/t8-,10-/m0/s1. The molecule has 2 atom stereocenters. The molecule has 1 saturated heterocycles. The number of para-hydroxylation sites is 1. The monoisotopic (exact) mass is 289 g/mol. The Morgan fingerprint density at radius 2 is 2.10 bits per heavy atom. The lowest BCUT2D eigenvalue weighted by Gasteiger charge is -2.18. The molecule has 2 rings (SSSR count). The molecule has 1 aliphatic heterocycles. The predicted octanol–water partition coefficient (Wildman–Crippen LogP) is 2.49. The van der Waals surface area contributed by atoms with Crippen LogP contribution in [0.15, 0.2) is 24.3 Å². The summed E-state index contributed by atoms with van der Waals surface area (Å²) in [5.74, 6) is -1.11. The van der Waals surface area contributed by atoms with Gasteiger partial charge in [0, 0.05) is 6.61 Å². The van der Waals surface area contributed by atoms with Gasteiger partial charge in [0.1, 0.15) is 5.75 Å². The van der Waals surface area contributed by atoms with Crippen molar-refractivity contribution in [3.05, 3.63) is 29.8 Å². The average molecular weight is 289 g/mol. The number of amides is 1. The summed E-state index contributed by atoms with van der Waals surface area (Å²) in [4.78, 5) is 12.0. The Hall–Kier alpha value is -1.76. The molecule has 20 heavy (non-hydrogen) atoms. The number of hydrogen-bond acceptors (Lipinski definition) is 3. The summed E-state index contributed by atoms with van der Waals surface area (Å²) in [6.07, 6.45) is -4.36. The summed E-state index contributed by atoms with van der Waals surface area (Å²) >= 11 is 0. The molecular weight excluding hydrogens is 275 g/mol. The maximum absolute atomic E-state index is 12.3. The van der Waals surface area contributed by atoms with E-state index in [2.05, 4.69) is 10.1 Å². The summed E-state index contributed by atoms with van der Waals surface area (Å²) in [6.45, 7) is 2.32. The highest BCUT2D eigenvalue weighted by Crippen LogP contribution is 2.26. The van der Waals surface area contributed by atoms with Crippen molar-refractivity contribution in [3.8, 4) is 5.75 Å². The highest BCUT2D eigenvalue weighted by Gasteiger charge is 2.33. The van der Waals surface area contributed by atoms with E-state index >= 15 is 0 Å². The minimum absolute atomic E-state index is 0.149. The molecule has 4 nitrogen and oxygen atoms in total. The van der Waals surface area contributed by atoms with Crippen LogP contribution < -0.4 is 10.1 Å². The Morgan fingerprint density at radius 3 is 2.70 bits per heavy atom.